The first-order valence-corrected chi connectivity index (χ1v) is 9.58. The molecule has 1 amide bonds. The van der Waals surface area contributed by atoms with Gasteiger partial charge in [0.25, 0.3) is 5.91 Å². The first-order valence-electron chi connectivity index (χ1n) is 8.70. The summed E-state index contributed by atoms with van der Waals surface area (Å²) in [5.41, 5.74) is 4.45. The molecule has 5 heteroatoms. The standard InChI is InChI=1S/C20H23N3OS/c1-14-5-4-6-16(11-14)23-9-8-22(13-15(23)2)20(24)18-12-19-17(21(18)3)7-10-25-19/h4-7,10-12,15H,8-9,13H2,1-3H3. The number of carbonyl (C=O) groups excluding carboxylic acids is 1. The molecule has 1 atom stereocenters. The molecule has 0 bridgehead atoms. The number of piperazine rings is 1. The van der Waals surface area contributed by atoms with E-state index >= 15 is 0 Å². The molecule has 1 aromatic carbocycles. The summed E-state index contributed by atoms with van der Waals surface area (Å²) in [6.45, 7) is 6.71. The fourth-order valence-electron chi connectivity index (χ4n) is 3.75. The zero-order chi connectivity index (χ0) is 17.6. The van der Waals surface area contributed by atoms with E-state index in [9.17, 15) is 4.79 Å². The van der Waals surface area contributed by atoms with Crippen molar-refractivity contribution in [2.24, 2.45) is 7.05 Å². The molecule has 0 radical (unpaired) electrons. The van der Waals surface area contributed by atoms with Crippen LogP contribution in [-0.2, 0) is 7.05 Å². The number of anilines is 1. The second-order valence-electron chi connectivity index (χ2n) is 6.89. The molecule has 0 N–H and O–H groups in total. The third kappa shape index (κ3) is 2.82. The van der Waals surface area contributed by atoms with Crippen LogP contribution in [0.4, 0.5) is 5.69 Å². The Morgan fingerprint density at radius 3 is 2.76 bits per heavy atom. The summed E-state index contributed by atoms with van der Waals surface area (Å²) in [5, 5.41) is 2.07. The topological polar surface area (TPSA) is 28.5 Å². The molecule has 1 saturated heterocycles. The van der Waals surface area contributed by atoms with Gasteiger partial charge in [-0.2, -0.15) is 0 Å². The zero-order valence-electron chi connectivity index (χ0n) is 14.9. The van der Waals surface area contributed by atoms with Gasteiger partial charge in [-0.25, -0.2) is 0 Å². The number of aromatic nitrogens is 1. The van der Waals surface area contributed by atoms with Crippen molar-refractivity contribution < 1.29 is 4.79 Å². The van der Waals surface area contributed by atoms with Crippen LogP contribution in [0.3, 0.4) is 0 Å². The van der Waals surface area contributed by atoms with Crippen molar-refractivity contribution in [1.29, 1.82) is 0 Å². The maximum Gasteiger partial charge on any atom is 0.270 e. The average molecular weight is 353 g/mol. The third-order valence-electron chi connectivity index (χ3n) is 5.13. The zero-order valence-corrected chi connectivity index (χ0v) is 15.7. The fraction of sp³-hybridized carbons (Fsp3) is 0.350. The van der Waals surface area contributed by atoms with E-state index in [2.05, 4.69) is 54.5 Å². The van der Waals surface area contributed by atoms with E-state index in [4.69, 9.17) is 0 Å². The molecule has 4 rings (SSSR count). The molecular formula is C20H23N3OS. The Hall–Kier alpha value is -2.27. The molecule has 1 aliphatic heterocycles. The Kier molecular flexibility index (Phi) is 4.04. The van der Waals surface area contributed by atoms with Crippen LogP contribution in [-0.4, -0.2) is 41.1 Å². The molecule has 1 aliphatic rings. The van der Waals surface area contributed by atoms with Crippen molar-refractivity contribution >= 4 is 33.1 Å². The monoisotopic (exact) mass is 353 g/mol. The van der Waals surface area contributed by atoms with E-state index in [1.165, 1.54) is 16.0 Å². The van der Waals surface area contributed by atoms with Crippen LogP contribution >= 0.6 is 11.3 Å². The Morgan fingerprint density at radius 1 is 1.20 bits per heavy atom. The van der Waals surface area contributed by atoms with Crippen LogP contribution < -0.4 is 4.90 Å². The van der Waals surface area contributed by atoms with Crippen LogP contribution in [0, 0.1) is 6.92 Å². The van der Waals surface area contributed by atoms with Gasteiger partial charge in [0.2, 0.25) is 0 Å². The van der Waals surface area contributed by atoms with Gasteiger partial charge >= 0.3 is 0 Å². The lowest BCUT2D eigenvalue weighted by Crippen LogP contribution is -2.54. The van der Waals surface area contributed by atoms with E-state index < -0.39 is 0 Å². The Labute approximate surface area is 152 Å². The average Bonchev–Trinajstić information content (AvgIpc) is 3.17. The van der Waals surface area contributed by atoms with Gasteiger partial charge in [-0.1, -0.05) is 12.1 Å². The van der Waals surface area contributed by atoms with Gasteiger partial charge < -0.3 is 14.4 Å². The molecule has 130 valence electrons. The van der Waals surface area contributed by atoms with Crippen LogP contribution in [0.5, 0.6) is 0 Å². The molecule has 0 spiro atoms. The van der Waals surface area contributed by atoms with Gasteiger partial charge in [0.1, 0.15) is 5.69 Å². The van der Waals surface area contributed by atoms with E-state index in [0.29, 0.717) is 6.04 Å². The largest absolute Gasteiger partial charge is 0.365 e. The van der Waals surface area contributed by atoms with E-state index in [-0.39, 0.29) is 5.91 Å². The minimum Gasteiger partial charge on any atom is -0.365 e. The molecule has 2 aromatic heterocycles. The molecule has 1 unspecified atom stereocenters. The molecule has 3 aromatic rings. The Morgan fingerprint density at radius 2 is 2.04 bits per heavy atom. The van der Waals surface area contributed by atoms with Crippen LogP contribution in [0.15, 0.2) is 41.8 Å². The summed E-state index contributed by atoms with van der Waals surface area (Å²) in [5.74, 6) is 0.140. The van der Waals surface area contributed by atoms with Crippen LogP contribution in [0.1, 0.15) is 23.0 Å². The van der Waals surface area contributed by atoms with Gasteiger partial charge in [-0.3, -0.25) is 4.79 Å². The molecular weight excluding hydrogens is 330 g/mol. The fourth-order valence-corrected chi connectivity index (χ4v) is 4.60. The minimum atomic E-state index is 0.140. The van der Waals surface area contributed by atoms with E-state index in [0.717, 1.165) is 30.8 Å². The molecule has 1 fully saturated rings. The predicted octanol–water partition coefficient (Wildman–Crippen LogP) is 3.90. The number of aryl methyl sites for hydroxylation is 2. The number of rotatable bonds is 2. The van der Waals surface area contributed by atoms with Crippen molar-refractivity contribution in [2.45, 2.75) is 19.9 Å². The van der Waals surface area contributed by atoms with Gasteiger partial charge in [0, 0.05) is 38.4 Å². The maximum absolute atomic E-state index is 13.0. The maximum atomic E-state index is 13.0. The molecule has 0 saturated carbocycles. The molecule has 3 heterocycles. The van der Waals surface area contributed by atoms with Crippen molar-refractivity contribution in [3.8, 4) is 0 Å². The normalized spacial score (nSPS) is 18.1. The highest BCUT2D eigenvalue weighted by molar-refractivity contribution is 7.17. The quantitative estimate of drug-likeness (QED) is 0.699. The number of benzene rings is 1. The highest BCUT2D eigenvalue weighted by Crippen LogP contribution is 2.26. The number of hydrogen-bond donors (Lipinski definition) is 0. The van der Waals surface area contributed by atoms with Crippen molar-refractivity contribution in [3.05, 3.63) is 53.0 Å². The first-order chi connectivity index (χ1) is 12.0. The summed E-state index contributed by atoms with van der Waals surface area (Å²) < 4.78 is 3.20. The number of nitrogens with zero attached hydrogens (tertiary/aromatic N) is 3. The number of fused-ring (bicyclic) bond motifs is 1. The summed E-state index contributed by atoms with van der Waals surface area (Å²) in [6, 6.07) is 13.0. The highest BCUT2D eigenvalue weighted by atomic mass is 32.1. The van der Waals surface area contributed by atoms with Gasteiger partial charge in [-0.05, 0) is 49.1 Å². The second-order valence-corrected chi connectivity index (χ2v) is 7.84. The number of hydrogen-bond acceptors (Lipinski definition) is 3. The third-order valence-corrected chi connectivity index (χ3v) is 5.98. The van der Waals surface area contributed by atoms with Crippen molar-refractivity contribution in [2.75, 3.05) is 24.5 Å². The minimum absolute atomic E-state index is 0.140. The summed E-state index contributed by atoms with van der Waals surface area (Å²) >= 11 is 1.69. The molecule has 4 nitrogen and oxygen atoms in total. The Bertz CT molecular complexity index is 926. The SMILES string of the molecule is Cc1cccc(N2CCN(C(=O)c3cc4sccc4n3C)CC2C)c1. The smallest absolute Gasteiger partial charge is 0.270 e. The molecule has 25 heavy (non-hydrogen) atoms. The molecule has 0 aliphatic carbocycles. The van der Waals surface area contributed by atoms with Crippen LogP contribution in [0.25, 0.3) is 10.2 Å². The van der Waals surface area contributed by atoms with E-state index in [1.807, 2.05) is 22.6 Å². The Balaban J connectivity index is 1.53. The number of carbonyl (C=O) groups is 1. The lowest BCUT2D eigenvalue weighted by atomic mass is 10.1. The van der Waals surface area contributed by atoms with Crippen molar-refractivity contribution in [3.63, 3.8) is 0 Å². The number of amides is 1. The number of thiophene rings is 1. The van der Waals surface area contributed by atoms with Gasteiger partial charge in [0.05, 0.1) is 10.2 Å². The lowest BCUT2D eigenvalue weighted by Gasteiger charge is -2.41. The van der Waals surface area contributed by atoms with Gasteiger partial charge in [-0.15, -0.1) is 11.3 Å². The summed E-state index contributed by atoms with van der Waals surface area (Å²) in [4.78, 5) is 17.4. The van der Waals surface area contributed by atoms with Crippen LogP contribution in [0.2, 0.25) is 0 Å². The second kappa shape index (κ2) is 6.23. The first kappa shape index (κ1) is 16.2. The summed E-state index contributed by atoms with van der Waals surface area (Å²) in [6.07, 6.45) is 0. The lowest BCUT2D eigenvalue weighted by molar-refractivity contribution is 0.0717. The van der Waals surface area contributed by atoms with Gasteiger partial charge in [0.15, 0.2) is 0 Å². The predicted molar refractivity (Wildman–Crippen MR) is 105 cm³/mol. The van der Waals surface area contributed by atoms with E-state index in [1.54, 1.807) is 11.3 Å². The summed E-state index contributed by atoms with van der Waals surface area (Å²) in [7, 11) is 1.98. The van der Waals surface area contributed by atoms with Crippen molar-refractivity contribution in [1.82, 2.24) is 9.47 Å². The highest BCUT2D eigenvalue weighted by Gasteiger charge is 2.29.